The van der Waals surface area contributed by atoms with Crippen LogP contribution in [0.4, 0.5) is 0 Å². The minimum Gasteiger partial charge on any atom is -0.0622 e. The van der Waals surface area contributed by atoms with Gasteiger partial charge >= 0.3 is 0 Å². The molecule has 0 aliphatic carbocycles. The maximum atomic E-state index is 2.31. The van der Waals surface area contributed by atoms with Crippen LogP contribution in [0.25, 0.3) is 0 Å². The molecular formula is C14H15S+. The van der Waals surface area contributed by atoms with Crippen molar-refractivity contribution in [3.63, 3.8) is 0 Å². The van der Waals surface area contributed by atoms with E-state index in [1.54, 1.807) is 0 Å². The largest absolute Gasteiger partial charge is 0.154 e. The predicted octanol–water partition coefficient (Wildman–Crippen LogP) is 3.49. The van der Waals surface area contributed by atoms with Crippen molar-refractivity contribution >= 4 is 10.9 Å². The summed E-state index contributed by atoms with van der Waals surface area (Å²) in [5.74, 6) is 1.14. The first-order chi connectivity index (χ1) is 7.36. The zero-order valence-electron chi connectivity index (χ0n) is 8.89. The first-order valence-corrected chi connectivity index (χ1v) is 6.88. The standard InChI is InChI=1S/C14H15S/c1-15(14-10-6-3-7-11-14)12-13-8-4-2-5-9-13/h2-11H,12H2,1H3/q+1. The Morgan fingerprint density at radius 2 is 1.33 bits per heavy atom. The molecule has 2 aromatic rings. The SMILES string of the molecule is C[S+](Cc1ccccc1)c1ccccc1. The number of hydrogen-bond acceptors (Lipinski definition) is 0. The van der Waals surface area contributed by atoms with Crippen LogP contribution in [0, 0.1) is 0 Å². The van der Waals surface area contributed by atoms with Gasteiger partial charge in [-0.1, -0.05) is 48.5 Å². The van der Waals surface area contributed by atoms with Gasteiger partial charge in [0.05, 0.1) is 0 Å². The van der Waals surface area contributed by atoms with E-state index in [9.17, 15) is 0 Å². The van der Waals surface area contributed by atoms with Crippen molar-refractivity contribution in [3.8, 4) is 0 Å². The van der Waals surface area contributed by atoms with Crippen molar-refractivity contribution < 1.29 is 0 Å². The van der Waals surface area contributed by atoms with Gasteiger partial charge in [0.15, 0.2) is 4.90 Å². The van der Waals surface area contributed by atoms with Crippen LogP contribution in [0.2, 0.25) is 0 Å². The van der Waals surface area contributed by atoms with Gasteiger partial charge in [-0.15, -0.1) is 0 Å². The Bertz CT molecular complexity index is 394. The van der Waals surface area contributed by atoms with Crippen molar-refractivity contribution in [1.29, 1.82) is 0 Å². The fourth-order valence-corrected chi connectivity index (χ4v) is 3.04. The number of rotatable bonds is 3. The Hall–Kier alpha value is -1.21. The fourth-order valence-electron chi connectivity index (χ4n) is 1.56. The van der Waals surface area contributed by atoms with Crippen LogP contribution in [0.3, 0.4) is 0 Å². The molecule has 76 valence electrons. The summed E-state index contributed by atoms with van der Waals surface area (Å²) in [6, 6.07) is 21.4. The molecule has 15 heavy (non-hydrogen) atoms. The molecule has 0 bridgehead atoms. The van der Waals surface area contributed by atoms with Crippen molar-refractivity contribution in [2.75, 3.05) is 6.26 Å². The highest BCUT2D eigenvalue weighted by atomic mass is 32.2. The normalized spacial score (nSPS) is 12.3. The van der Waals surface area contributed by atoms with E-state index < -0.39 is 0 Å². The van der Waals surface area contributed by atoms with Gasteiger partial charge in [-0.05, 0) is 12.1 Å². The van der Waals surface area contributed by atoms with Gasteiger partial charge in [-0.3, -0.25) is 0 Å². The highest BCUT2D eigenvalue weighted by molar-refractivity contribution is 7.95. The molecule has 2 rings (SSSR count). The van der Waals surface area contributed by atoms with Gasteiger partial charge in [0.1, 0.15) is 12.0 Å². The second kappa shape index (κ2) is 5.04. The maximum Gasteiger partial charge on any atom is 0.154 e. The molecule has 0 fully saturated rings. The summed E-state index contributed by atoms with van der Waals surface area (Å²) in [5, 5.41) is 0. The molecule has 0 amide bonds. The molecule has 0 spiro atoms. The minimum atomic E-state index is 0.316. The summed E-state index contributed by atoms with van der Waals surface area (Å²) in [6.45, 7) is 0. The molecule has 1 atom stereocenters. The maximum absolute atomic E-state index is 2.31. The van der Waals surface area contributed by atoms with Gasteiger partial charge in [0, 0.05) is 16.5 Å². The van der Waals surface area contributed by atoms with Gasteiger partial charge in [0.25, 0.3) is 0 Å². The molecule has 1 heteroatoms. The van der Waals surface area contributed by atoms with Crippen LogP contribution in [0.5, 0.6) is 0 Å². The molecule has 0 aliphatic rings. The van der Waals surface area contributed by atoms with Crippen molar-refractivity contribution in [2.24, 2.45) is 0 Å². The fraction of sp³-hybridized carbons (Fsp3) is 0.143. The van der Waals surface area contributed by atoms with Gasteiger partial charge in [-0.2, -0.15) is 0 Å². The lowest BCUT2D eigenvalue weighted by Gasteiger charge is -2.02. The average molecular weight is 215 g/mol. The van der Waals surface area contributed by atoms with Crippen LogP contribution < -0.4 is 0 Å². The van der Waals surface area contributed by atoms with E-state index in [0.29, 0.717) is 10.9 Å². The molecule has 0 heterocycles. The molecule has 0 aromatic heterocycles. The first kappa shape index (κ1) is 10.3. The average Bonchev–Trinajstić information content (AvgIpc) is 2.31. The second-order valence-corrected chi connectivity index (χ2v) is 5.61. The number of benzene rings is 2. The highest BCUT2D eigenvalue weighted by Gasteiger charge is 2.14. The first-order valence-electron chi connectivity index (χ1n) is 5.08. The topological polar surface area (TPSA) is 0 Å². The Morgan fingerprint density at radius 3 is 1.93 bits per heavy atom. The van der Waals surface area contributed by atoms with Gasteiger partial charge in [-0.25, -0.2) is 0 Å². The summed E-state index contributed by atoms with van der Waals surface area (Å²) >= 11 is 0. The Kier molecular flexibility index (Phi) is 3.46. The molecule has 0 nitrogen and oxygen atoms in total. The smallest absolute Gasteiger partial charge is 0.0622 e. The Labute approximate surface area is 94.3 Å². The zero-order chi connectivity index (χ0) is 10.5. The van der Waals surface area contributed by atoms with E-state index in [4.69, 9.17) is 0 Å². The Morgan fingerprint density at radius 1 is 0.800 bits per heavy atom. The molecule has 1 unspecified atom stereocenters. The molecule has 0 aliphatic heterocycles. The van der Waals surface area contributed by atoms with E-state index in [2.05, 4.69) is 66.9 Å². The minimum absolute atomic E-state index is 0.316. The monoisotopic (exact) mass is 215 g/mol. The van der Waals surface area contributed by atoms with Crippen molar-refractivity contribution in [2.45, 2.75) is 10.6 Å². The van der Waals surface area contributed by atoms with Crippen LogP contribution in [0.1, 0.15) is 5.56 Å². The van der Waals surface area contributed by atoms with Crippen LogP contribution in [-0.4, -0.2) is 6.26 Å². The molecule has 0 saturated heterocycles. The Balaban J connectivity index is 2.08. The summed E-state index contributed by atoms with van der Waals surface area (Å²) in [7, 11) is 0.316. The van der Waals surface area contributed by atoms with Crippen LogP contribution >= 0.6 is 0 Å². The third-order valence-corrected chi connectivity index (χ3v) is 4.21. The molecular weight excluding hydrogens is 200 g/mol. The lowest BCUT2D eigenvalue weighted by atomic mass is 10.2. The molecule has 2 aromatic carbocycles. The van der Waals surface area contributed by atoms with Gasteiger partial charge < -0.3 is 0 Å². The molecule has 0 saturated carbocycles. The number of hydrogen-bond donors (Lipinski definition) is 0. The van der Waals surface area contributed by atoms with Gasteiger partial charge in [0.2, 0.25) is 0 Å². The van der Waals surface area contributed by atoms with Crippen molar-refractivity contribution in [1.82, 2.24) is 0 Å². The van der Waals surface area contributed by atoms with E-state index in [-0.39, 0.29) is 0 Å². The quantitative estimate of drug-likeness (QED) is 0.687. The summed E-state index contributed by atoms with van der Waals surface area (Å²) in [6.07, 6.45) is 2.31. The molecule has 0 radical (unpaired) electrons. The van der Waals surface area contributed by atoms with E-state index >= 15 is 0 Å². The summed E-state index contributed by atoms with van der Waals surface area (Å²) in [4.78, 5) is 1.45. The van der Waals surface area contributed by atoms with E-state index in [0.717, 1.165) is 5.75 Å². The van der Waals surface area contributed by atoms with Crippen molar-refractivity contribution in [3.05, 3.63) is 66.2 Å². The van der Waals surface area contributed by atoms with E-state index in [1.807, 2.05) is 0 Å². The molecule has 0 N–H and O–H groups in total. The highest BCUT2D eigenvalue weighted by Crippen LogP contribution is 2.15. The predicted molar refractivity (Wildman–Crippen MR) is 68.1 cm³/mol. The lowest BCUT2D eigenvalue weighted by molar-refractivity contribution is 1.36. The lowest BCUT2D eigenvalue weighted by Crippen LogP contribution is -2.03. The third-order valence-electron chi connectivity index (χ3n) is 2.37. The van der Waals surface area contributed by atoms with Crippen LogP contribution in [-0.2, 0) is 16.6 Å². The second-order valence-electron chi connectivity index (χ2n) is 3.58. The van der Waals surface area contributed by atoms with Crippen LogP contribution in [0.15, 0.2) is 65.6 Å². The summed E-state index contributed by atoms with van der Waals surface area (Å²) < 4.78 is 0. The third kappa shape index (κ3) is 2.87. The van der Waals surface area contributed by atoms with E-state index in [1.165, 1.54) is 10.5 Å². The zero-order valence-corrected chi connectivity index (χ0v) is 9.71. The summed E-state index contributed by atoms with van der Waals surface area (Å²) in [5.41, 5.74) is 1.42.